The van der Waals surface area contributed by atoms with Crippen LogP contribution in [0.4, 0.5) is 0 Å². The van der Waals surface area contributed by atoms with Gasteiger partial charge in [-0.2, -0.15) is 0 Å². The van der Waals surface area contributed by atoms with E-state index in [0.717, 1.165) is 36.5 Å². The largest absolute Gasteiger partial charge is 0.462 e. The van der Waals surface area contributed by atoms with Crippen molar-refractivity contribution in [2.75, 3.05) is 6.79 Å². The van der Waals surface area contributed by atoms with E-state index in [0.29, 0.717) is 41.6 Å². The van der Waals surface area contributed by atoms with Gasteiger partial charge in [0, 0.05) is 0 Å². The van der Waals surface area contributed by atoms with Crippen LogP contribution < -0.4 is 0 Å². The first-order chi connectivity index (χ1) is 15.5. The maximum absolute atomic E-state index is 13.1. The summed E-state index contributed by atoms with van der Waals surface area (Å²) in [5, 5.41) is 0. The molecule has 8 rings (SSSR count). The Morgan fingerprint density at radius 2 is 1.56 bits per heavy atom. The van der Waals surface area contributed by atoms with E-state index in [2.05, 4.69) is 0 Å². The van der Waals surface area contributed by atoms with Crippen molar-refractivity contribution < 1.29 is 23.8 Å². The molecule has 0 saturated heterocycles. The maximum atomic E-state index is 13.1. The van der Waals surface area contributed by atoms with Crippen molar-refractivity contribution in [3.63, 3.8) is 0 Å². The molecule has 0 spiro atoms. The van der Waals surface area contributed by atoms with E-state index in [-0.39, 0.29) is 36.7 Å². The van der Waals surface area contributed by atoms with Gasteiger partial charge in [-0.15, -0.1) is 0 Å². The summed E-state index contributed by atoms with van der Waals surface area (Å²) in [5.41, 5.74) is 0. The molecule has 8 aliphatic rings. The average molecular weight is 443 g/mol. The first kappa shape index (κ1) is 20.3. The number of ether oxygens (including phenoxy) is 3. The number of fused-ring (bicyclic) bond motifs is 9. The Morgan fingerprint density at radius 1 is 0.781 bits per heavy atom. The zero-order valence-electron chi connectivity index (χ0n) is 19.5. The first-order valence-electron chi connectivity index (χ1n) is 13.5. The topological polar surface area (TPSA) is 61.8 Å². The molecule has 5 heteroatoms. The van der Waals surface area contributed by atoms with Crippen LogP contribution in [0.5, 0.6) is 0 Å². The summed E-state index contributed by atoms with van der Waals surface area (Å²) in [5.74, 6) is 6.66. The second-order valence-corrected chi connectivity index (χ2v) is 12.9. The minimum Gasteiger partial charge on any atom is -0.462 e. The molecule has 8 bridgehead atoms. The van der Waals surface area contributed by atoms with Crippen LogP contribution in [0.25, 0.3) is 0 Å². The zero-order valence-corrected chi connectivity index (χ0v) is 19.5. The van der Waals surface area contributed by atoms with Crippen molar-refractivity contribution >= 4 is 11.9 Å². The summed E-state index contributed by atoms with van der Waals surface area (Å²) in [6.45, 7) is 3.97. The molecule has 8 fully saturated rings. The van der Waals surface area contributed by atoms with Crippen molar-refractivity contribution in [3.05, 3.63) is 0 Å². The van der Waals surface area contributed by atoms with Crippen molar-refractivity contribution in [2.24, 2.45) is 71.0 Å². The number of carbonyl (C=O) groups excluding carboxylic acids is 2. The molecule has 8 aliphatic carbocycles. The van der Waals surface area contributed by atoms with Crippen LogP contribution in [-0.2, 0) is 23.8 Å². The molecule has 0 N–H and O–H groups in total. The number of hydrogen-bond donors (Lipinski definition) is 0. The highest BCUT2D eigenvalue weighted by atomic mass is 16.7. The fraction of sp³-hybridized carbons (Fsp3) is 0.926. The van der Waals surface area contributed by atoms with Crippen molar-refractivity contribution in [1.29, 1.82) is 0 Å². The van der Waals surface area contributed by atoms with Crippen LogP contribution in [0.1, 0.15) is 65.2 Å². The lowest BCUT2D eigenvalue weighted by atomic mass is 9.67. The van der Waals surface area contributed by atoms with E-state index in [4.69, 9.17) is 14.2 Å². The Bertz CT molecular complexity index is 804. The molecule has 176 valence electrons. The lowest BCUT2D eigenvalue weighted by molar-refractivity contribution is -0.176. The Hall–Kier alpha value is -1.10. The summed E-state index contributed by atoms with van der Waals surface area (Å²) in [4.78, 5) is 25.3. The smallest absolute Gasteiger partial charge is 0.311 e. The predicted octanol–water partition coefficient (Wildman–Crippen LogP) is 4.43. The van der Waals surface area contributed by atoms with Crippen LogP contribution in [-0.4, -0.2) is 30.9 Å². The average Bonchev–Trinajstić information content (AvgIpc) is 3.57. The summed E-state index contributed by atoms with van der Waals surface area (Å²) in [6, 6.07) is 0. The third-order valence-electron chi connectivity index (χ3n) is 11.2. The van der Waals surface area contributed by atoms with E-state index in [1.54, 1.807) is 0 Å². The monoisotopic (exact) mass is 442 g/mol. The molecule has 13 unspecified atom stereocenters. The quantitative estimate of drug-likeness (QED) is 0.346. The van der Waals surface area contributed by atoms with Gasteiger partial charge in [-0.3, -0.25) is 9.59 Å². The van der Waals surface area contributed by atoms with Gasteiger partial charge in [-0.25, -0.2) is 0 Å². The Kier molecular flexibility index (Phi) is 4.56. The molecular formula is C27H38O5. The molecule has 0 aromatic carbocycles. The number of rotatable bonds is 6. The predicted molar refractivity (Wildman–Crippen MR) is 116 cm³/mol. The van der Waals surface area contributed by atoms with Gasteiger partial charge < -0.3 is 14.2 Å². The molecule has 0 aromatic rings. The number of hydrogen-bond acceptors (Lipinski definition) is 5. The lowest BCUT2D eigenvalue weighted by Gasteiger charge is -2.40. The highest BCUT2D eigenvalue weighted by molar-refractivity contribution is 5.73. The van der Waals surface area contributed by atoms with Gasteiger partial charge in [0.2, 0.25) is 0 Å². The standard InChI is InChI=1S/C27H38O5/c1-12(2)26(28)32-22-10-16-9-21(22)24-19-7-15(23(16)24)8-20(19)27(29)31-11-30-25-17-4-13-3-14(6-17)18(25)5-13/h12-25H,3-11H2,1-2H3. The van der Waals surface area contributed by atoms with Gasteiger partial charge >= 0.3 is 11.9 Å². The molecule has 0 aliphatic heterocycles. The van der Waals surface area contributed by atoms with Gasteiger partial charge in [0.15, 0.2) is 6.79 Å². The maximum Gasteiger partial charge on any atom is 0.311 e. The van der Waals surface area contributed by atoms with E-state index in [9.17, 15) is 9.59 Å². The Balaban J connectivity index is 0.963. The van der Waals surface area contributed by atoms with Crippen molar-refractivity contribution in [3.8, 4) is 0 Å². The van der Waals surface area contributed by atoms with Gasteiger partial charge in [0.25, 0.3) is 0 Å². The molecule has 0 aromatic heterocycles. The van der Waals surface area contributed by atoms with Gasteiger partial charge in [-0.05, 0) is 111 Å². The van der Waals surface area contributed by atoms with Crippen molar-refractivity contribution in [1.82, 2.24) is 0 Å². The molecule has 0 radical (unpaired) electrons. The fourth-order valence-corrected chi connectivity index (χ4v) is 10.4. The lowest BCUT2D eigenvalue weighted by Crippen LogP contribution is -2.42. The van der Waals surface area contributed by atoms with Crippen LogP contribution in [0.3, 0.4) is 0 Å². The summed E-state index contributed by atoms with van der Waals surface area (Å²) in [7, 11) is 0. The SMILES string of the molecule is CC(C)C(=O)OC1CC2CC1C1C3CC(CC3C(=O)OCOC3C4CC5CC(C4)C3C5)C21. The highest BCUT2D eigenvalue weighted by Crippen LogP contribution is 2.69. The number of esters is 2. The van der Waals surface area contributed by atoms with Crippen molar-refractivity contribution in [2.45, 2.75) is 77.4 Å². The second kappa shape index (κ2) is 7.20. The third-order valence-corrected chi connectivity index (χ3v) is 11.2. The van der Waals surface area contributed by atoms with E-state index < -0.39 is 0 Å². The molecule has 0 heterocycles. The molecule has 8 saturated carbocycles. The van der Waals surface area contributed by atoms with Gasteiger partial charge in [0.1, 0.15) is 6.10 Å². The summed E-state index contributed by atoms with van der Waals surface area (Å²) in [6.07, 6.45) is 10.2. The minimum absolute atomic E-state index is 0.0260. The number of carbonyl (C=O) groups is 2. The van der Waals surface area contributed by atoms with E-state index in [1.807, 2.05) is 13.8 Å². The second-order valence-electron chi connectivity index (χ2n) is 12.9. The van der Waals surface area contributed by atoms with Gasteiger partial charge in [0.05, 0.1) is 17.9 Å². The minimum atomic E-state index is -0.0714. The summed E-state index contributed by atoms with van der Waals surface area (Å²) < 4.78 is 17.9. The van der Waals surface area contributed by atoms with Gasteiger partial charge in [-0.1, -0.05) is 13.8 Å². The molecule has 0 amide bonds. The zero-order chi connectivity index (χ0) is 21.7. The summed E-state index contributed by atoms with van der Waals surface area (Å²) >= 11 is 0. The molecule has 13 atom stereocenters. The Morgan fingerprint density at radius 3 is 2.38 bits per heavy atom. The highest BCUT2D eigenvalue weighted by Gasteiger charge is 2.66. The van der Waals surface area contributed by atoms with Crippen LogP contribution in [0, 0.1) is 71.0 Å². The molecular weight excluding hydrogens is 404 g/mol. The Labute approximate surface area is 191 Å². The van der Waals surface area contributed by atoms with Crippen LogP contribution in [0.15, 0.2) is 0 Å². The van der Waals surface area contributed by atoms with Crippen LogP contribution >= 0.6 is 0 Å². The molecule has 5 nitrogen and oxygen atoms in total. The van der Waals surface area contributed by atoms with E-state index >= 15 is 0 Å². The third kappa shape index (κ3) is 2.85. The van der Waals surface area contributed by atoms with Crippen LogP contribution in [0.2, 0.25) is 0 Å². The normalized spacial score (nSPS) is 53.4. The first-order valence-corrected chi connectivity index (χ1v) is 13.5. The molecule has 32 heavy (non-hydrogen) atoms. The van der Waals surface area contributed by atoms with E-state index in [1.165, 1.54) is 38.5 Å². The fourth-order valence-electron chi connectivity index (χ4n) is 10.4.